The van der Waals surface area contributed by atoms with Crippen molar-refractivity contribution in [3.05, 3.63) is 0 Å². The first-order valence-electron chi connectivity index (χ1n) is 4.09. The van der Waals surface area contributed by atoms with Crippen LogP contribution >= 0.6 is 0 Å². The topological polar surface area (TPSA) is 9.23 Å². The van der Waals surface area contributed by atoms with Crippen molar-refractivity contribution in [2.24, 2.45) is 11.8 Å². The molecule has 1 heteroatoms. The largest absolute Gasteiger partial charge is 0.375 e. The summed E-state index contributed by atoms with van der Waals surface area (Å²) in [4.78, 5) is 0. The molecular formula is C8H12O. The van der Waals surface area contributed by atoms with Gasteiger partial charge in [-0.2, -0.15) is 0 Å². The second-order valence-electron chi connectivity index (χ2n) is 3.77. The van der Waals surface area contributed by atoms with Crippen molar-refractivity contribution >= 4 is 0 Å². The molecule has 0 aromatic carbocycles. The van der Waals surface area contributed by atoms with Crippen LogP contribution < -0.4 is 0 Å². The normalized spacial score (nSPS) is 61.3. The van der Waals surface area contributed by atoms with Crippen molar-refractivity contribution in [3.63, 3.8) is 0 Å². The molecule has 3 aliphatic rings. The number of ether oxygens (including phenoxy) is 1. The maximum absolute atomic E-state index is 5.75. The Morgan fingerprint density at radius 2 is 2.11 bits per heavy atom. The van der Waals surface area contributed by atoms with Crippen molar-refractivity contribution in [3.8, 4) is 0 Å². The molecule has 1 aliphatic carbocycles. The summed E-state index contributed by atoms with van der Waals surface area (Å²) in [6.45, 7) is 0. The molecule has 2 unspecified atom stereocenters. The summed E-state index contributed by atoms with van der Waals surface area (Å²) < 4.78 is 5.75. The molecule has 3 rings (SSSR count). The number of rotatable bonds is 0. The summed E-state index contributed by atoms with van der Waals surface area (Å²) in [6, 6.07) is 0. The first-order valence-corrected chi connectivity index (χ1v) is 4.09. The molecule has 0 radical (unpaired) electrons. The fourth-order valence-electron chi connectivity index (χ4n) is 2.56. The molecular weight excluding hydrogens is 112 g/mol. The summed E-state index contributed by atoms with van der Waals surface area (Å²) >= 11 is 0. The van der Waals surface area contributed by atoms with Gasteiger partial charge in [-0.05, 0) is 37.5 Å². The molecule has 0 aromatic heterocycles. The molecule has 0 amide bonds. The van der Waals surface area contributed by atoms with E-state index in [9.17, 15) is 0 Å². The van der Waals surface area contributed by atoms with E-state index < -0.39 is 0 Å². The highest BCUT2D eigenvalue weighted by molar-refractivity contribution is 5.00. The summed E-state index contributed by atoms with van der Waals surface area (Å²) in [5.74, 6) is 2.10. The smallest absolute Gasteiger partial charge is 0.0610 e. The molecule has 2 aliphatic heterocycles. The third-order valence-electron chi connectivity index (χ3n) is 3.16. The zero-order valence-corrected chi connectivity index (χ0v) is 5.55. The van der Waals surface area contributed by atoms with E-state index >= 15 is 0 Å². The van der Waals surface area contributed by atoms with Crippen LogP contribution in [0.3, 0.4) is 0 Å². The van der Waals surface area contributed by atoms with Crippen LogP contribution in [0.4, 0.5) is 0 Å². The van der Waals surface area contributed by atoms with Crippen molar-refractivity contribution in [1.29, 1.82) is 0 Å². The van der Waals surface area contributed by atoms with Crippen LogP contribution in [0.25, 0.3) is 0 Å². The third-order valence-corrected chi connectivity index (χ3v) is 3.16. The first kappa shape index (κ1) is 4.73. The Balaban J connectivity index is 1.90. The van der Waals surface area contributed by atoms with E-state index in [0.717, 1.165) is 11.8 Å². The lowest BCUT2D eigenvalue weighted by atomic mass is 10.1. The Bertz CT molecular complexity index is 142. The van der Waals surface area contributed by atoms with Gasteiger partial charge in [-0.1, -0.05) is 0 Å². The van der Waals surface area contributed by atoms with Gasteiger partial charge in [0.15, 0.2) is 0 Å². The molecule has 0 spiro atoms. The lowest BCUT2D eigenvalue weighted by Gasteiger charge is -2.18. The van der Waals surface area contributed by atoms with Gasteiger partial charge in [-0.3, -0.25) is 0 Å². The Morgan fingerprint density at radius 3 is 3.11 bits per heavy atom. The average Bonchev–Trinajstić information content (AvgIpc) is 2.50. The van der Waals surface area contributed by atoms with Crippen LogP contribution in [0.1, 0.15) is 25.7 Å². The highest BCUT2D eigenvalue weighted by Crippen LogP contribution is 2.54. The number of hydrogen-bond acceptors (Lipinski definition) is 1. The van der Waals surface area contributed by atoms with Crippen LogP contribution in [0.2, 0.25) is 0 Å². The van der Waals surface area contributed by atoms with Crippen molar-refractivity contribution in [1.82, 2.24) is 0 Å². The van der Waals surface area contributed by atoms with E-state index in [-0.39, 0.29) is 0 Å². The zero-order chi connectivity index (χ0) is 5.84. The highest BCUT2D eigenvalue weighted by atomic mass is 16.5. The summed E-state index contributed by atoms with van der Waals surface area (Å²) in [5.41, 5.74) is 0. The van der Waals surface area contributed by atoms with Gasteiger partial charge in [0.25, 0.3) is 0 Å². The maximum Gasteiger partial charge on any atom is 0.0610 e. The zero-order valence-electron chi connectivity index (χ0n) is 5.55. The molecule has 1 saturated carbocycles. The number of fused-ring (bicyclic) bond motifs is 4. The molecule has 4 atom stereocenters. The molecule has 0 aromatic rings. The van der Waals surface area contributed by atoms with Gasteiger partial charge in [-0.25, -0.2) is 0 Å². The lowest BCUT2D eigenvalue weighted by molar-refractivity contribution is -0.00187. The predicted octanol–water partition coefficient (Wildman–Crippen LogP) is 1.57. The van der Waals surface area contributed by atoms with Crippen LogP contribution in [0.5, 0.6) is 0 Å². The highest BCUT2D eigenvalue weighted by Gasteiger charge is 2.51. The van der Waals surface area contributed by atoms with E-state index in [2.05, 4.69) is 0 Å². The van der Waals surface area contributed by atoms with Crippen LogP contribution in [-0.2, 0) is 4.74 Å². The molecule has 0 N–H and O–H groups in total. The minimum Gasteiger partial charge on any atom is -0.375 e. The molecule has 50 valence electrons. The van der Waals surface area contributed by atoms with Gasteiger partial charge in [0.1, 0.15) is 0 Å². The quantitative estimate of drug-likeness (QED) is 0.476. The molecule has 3 fully saturated rings. The maximum atomic E-state index is 5.75. The van der Waals surface area contributed by atoms with Gasteiger partial charge in [0.05, 0.1) is 12.2 Å². The summed E-state index contributed by atoms with van der Waals surface area (Å²) in [7, 11) is 0. The first-order chi connectivity index (χ1) is 4.43. The van der Waals surface area contributed by atoms with Gasteiger partial charge in [0, 0.05) is 0 Å². The van der Waals surface area contributed by atoms with Gasteiger partial charge in [0.2, 0.25) is 0 Å². The van der Waals surface area contributed by atoms with Crippen LogP contribution in [-0.4, -0.2) is 12.2 Å². The Kier molecular flexibility index (Phi) is 0.704. The fraction of sp³-hybridized carbons (Fsp3) is 1.00. The predicted molar refractivity (Wildman–Crippen MR) is 34.1 cm³/mol. The van der Waals surface area contributed by atoms with Gasteiger partial charge in [-0.15, -0.1) is 0 Å². The van der Waals surface area contributed by atoms with Crippen molar-refractivity contribution in [2.75, 3.05) is 0 Å². The minimum absolute atomic E-state index is 0.679. The SMILES string of the molecule is C1C[C@@H]2CC3C[C@@H]3C1O2. The van der Waals surface area contributed by atoms with Crippen molar-refractivity contribution < 1.29 is 4.74 Å². The molecule has 2 bridgehead atoms. The summed E-state index contributed by atoms with van der Waals surface area (Å²) in [5, 5.41) is 0. The number of hydrogen-bond donors (Lipinski definition) is 0. The molecule has 9 heavy (non-hydrogen) atoms. The van der Waals surface area contributed by atoms with Crippen molar-refractivity contribution in [2.45, 2.75) is 37.9 Å². The third kappa shape index (κ3) is 0.536. The lowest BCUT2D eigenvalue weighted by Crippen LogP contribution is -2.19. The Hall–Kier alpha value is -0.0400. The standard InChI is InChI=1S/C8H12O/c1-2-8-7-4-5(7)3-6(1)9-8/h5-8H,1-4H2/t5?,6-,7+,8?/m1/s1. The minimum atomic E-state index is 0.679. The van der Waals surface area contributed by atoms with Crippen LogP contribution in [0, 0.1) is 11.8 Å². The molecule has 2 heterocycles. The van der Waals surface area contributed by atoms with Gasteiger partial charge < -0.3 is 4.74 Å². The monoisotopic (exact) mass is 124 g/mol. The average molecular weight is 124 g/mol. The molecule has 1 nitrogen and oxygen atoms in total. The van der Waals surface area contributed by atoms with Gasteiger partial charge >= 0.3 is 0 Å². The van der Waals surface area contributed by atoms with Crippen LogP contribution in [0.15, 0.2) is 0 Å². The fourth-order valence-corrected chi connectivity index (χ4v) is 2.56. The van der Waals surface area contributed by atoms with E-state index in [1.807, 2.05) is 0 Å². The van der Waals surface area contributed by atoms with E-state index in [1.54, 1.807) is 0 Å². The van der Waals surface area contributed by atoms with E-state index in [1.165, 1.54) is 25.7 Å². The molecule has 2 saturated heterocycles. The second kappa shape index (κ2) is 1.34. The van der Waals surface area contributed by atoms with E-state index in [4.69, 9.17) is 4.74 Å². The Morgan fingerprint density at radius 1 is 1.11 bits per heavy atom. The second-order valence-corrected chi connectivity index (χ2v) is 3.77. The van der Waals surface area contributed by atoms with E-state index in [0.29, 0.717) is 12.2 Å². The Labute approximate surface area is 55.4 Å². The summed E-state index contributed by atoms with van der Waals surface area (Å²) in [6.07, 6.45) is 6.98.